The Hall–Kier alpha value is -0.530. The van der Waals surface area contributed by atoms with Gasteiger partial charge in [-0.15, -0.1) is 0 Å². The molecule has 0 aromatic heterocycles. The van der Waals surface area contributed by atoms with Crippen LogP contribution in [0.25, 0.3) is 0 Å². The Labute approximate surface area is 125 Å². The lowest BCUT2D eigenvalue weighted by molar-refractivity contribution is -0.157. The fourth-order valence-corrected chi connectivity index (χ4v) is 2.76. The van der Waals surface area contributed by atoms with Crippen LogP contribution in [0.3, 0.4) is 0 Å². The molecule has 0 saturated heterocycles. The average molecular weight is 282 g/mol. The molecule has 1 saturated carbocycles. The Morgan fingerprint density at radius 1 is 1.00 bits per heavy atom. The molecule has 1 rings (SSSR count). The molecule has 0 radical (unpaired) electrons. The summed E-state index contributed by atoms with van der Waals surface area (Å²) in [5.41, 5.74) is 0. The third-order valence-electron chi connectivity index (χ3n) is 4.56. The molecule has 1 unspecified atom stereocenters. The zero-order valence-electron chi connectivity index (χ0n) is 13.7. The number of carbonyl (C=O) groups is 1. The first kappa shape index (κ1) is 17.5. The average Bonchev–Trinajstić information content (AvgIpc) is 2.38. The van der Waals surface area contributed by atoms with Crippen LogP contribution in [0.15, 0.2) is 0 Å². The van der Waals surface area contributed by atoms with E-state index in [1.165, 1.54) is 57.8 Å². The maximum absolute atomic E-state index is 11.8. The zero-order chi connectivity index (χ0) is 14.6. The van der Waals surface area contributed by atoms with Crippen molar-refractivity contribution in [2.45, 2.75) is 103 Å². The Balaban J connectivity index is 1.96. The minimum atomic E-state index is 0.0719. The van der Waals surface area contributed by atoms with Crippen LogP contribution in [0.1, 0.15) is 97.3 Å². The van der Waals surface area contributed by atoms with E-state index in [4.69, 9.17) is 4.74 Å². The van der Waals surface area contributed by atoms with Gasteiger partial charge < -0.3 is 4.74 Å². The molecule has 20 heavy (non-hydrogen) atoms. The third-order valence-corrected chi connectivity index (χ3v) is 4.56. The van der Waals surface area contributed by atoms with E-state index >= 15 is 0 Å². The van der Waals surface area contributed by atoms with Crippen molar-refractivity contribution in [3.63, 3.8) is 0 Å². The molecule has 0 bridgehead atoms. The van der Waals surface area contributed by atoms with Crippen molar-refractivity contribution in [2.75, 3.05) is 0 Å². The van der Waals surface area contributed by atoms with Gasteiger partial charge in [-0.25, -0.2) is 0 Å². The van der Waals surface area contributed by atoms with Crippen molar-refractivity contribution in [2.24, 2.45) is 5.92 Å². The van der Waals surface area contributed by atoms with Crippen LogP contribution in [-0.2, 0) is 9.53 Å². The first-order valence-electron chi connectivity index (χ1n) is 8.98. The fraction of sp³-hybridized carbons (Fsp3) is 0.944. The van der Waals surface area contributed by atoms with Gasteiger partial charge in [0.05, 0.1) is 5.92 Å². The highest BCUT2D eigenvalue weighted by molar-refractivity contribution is 5.73. The van der Waals surface area contributed by atoms with Crippen LogP contribution in [0.4, 0.5) is 0 Å². The zero-order valence-corrected chi connectivity index (χ0v) is 13.7. The number of carbonyl (C=O) groups excluding carboxylic acids is 1. The smallest absolute Gasteiger partial charge is 0.309 e. The minimum absolute atomic E-state index is 0.0719. The topological polar surface area (TPSA) is 26.3 Å². The normalized spacial score (nSPS) is 16.7. The molecule has 0 heterocycles. The van der Waals surface area contributed by atoms with E-state index in [0.717, 1.165) is 25.7 Å². The molecule has 2 nitrogen and oxygen atoms in total. The maximum atomic E-state index is 11.8. The molecule has 1 aliphatic rings. The molecule has 1 atom stereocenters. The summed E-state index contributed by atoms with van der Waals surface area (Å²) < 4.78 is 5.62. The summed E-state index contributed by atoms with van der Waals surface area (Å²) in [7, 11) is 0. The number of rotatable bonds is 12. The predicted molar refractivity (Wildman–Crippen MR) is 84.7 cm³/mol. The van der Waals surface area contributed by atoms with Gasteiger partial charge in [-0.1, -0.05) is 65.2 Å². The third kappa shape index (κ3) is 7.31. The molecule has 1 fully saturated rings. The summed E-state index contributed by atoms with van der Waals surface area (Å²) in [4.78, 5) is 11.8. The Morgan fingerprint density at radius 3 is 2.10 bits per heavy atom. The summed E-state index contributed by atoms with van der Waals surface area (Å²) in [6, 6.07) is 0. The van der Waals surface area contributed by atoms with Gasteiger partial charge in [0, 0.05) is 0 Å². The molecule has 0 amide bonds. The monoisotopic (exact) mass is 282 g/mol. The van der Waals surface area contributed by atoms with E-state index in [-0.39, 0.29) is 18.0 Å². The summed E-state index contributed by atoms with van der Waals surface area (Å²) in [6.07, 6.45) is 16.2. The molecule has 0 aromatic rings. The molecular weight excluding hydrogens is 248 g/mol. The summed E-state index contributed by atoms with van der Waals surface area (Å²) in [5.74, 6) is 0.297. The lowest BCUT2D eigenvalue weighted by Crippen LogP contribution is -2.28. The van der Waals surface area contributed by atoms with Crippen LogP contribution in [0, 0.1) is 5.92 Å². The number of esters is 1. The molecular formula is C18H34O2. The quantitative estimate of drug-likeness (QED) is 0.342. The molecule has 0 aromatic carbocycles. The molecule has 1 aliphatic carbocycles. The highest BCUT2D eigenvalue weighted by atomic mass is 16.5. The van der Waals surface area contributed by atoms with E-state index in [2.05, 4.69) is 13.8 Å². The van der Waals surface area contributed by atoms with Crippen molar-refractivity contribution in [1.29, 1.82) is 0 Å². The number of unbranched alkanes of at least 4 members (excludes halogenated alkanes) is 7. The lowest BCUT2D eigenvalue weighted by Gasteiger charge is -2.26. The highest BCUT2D eigenvalue weighted by Gasteiger charge is 2.28. The van der Waals surface area contributed by atoms with Crippen LogP contribution < -0.4 is 0 Å². The SMILES string of the molecule is CCCCCCCCCCC(CC)OC(=O)C1CCC1. The second-order valence-electron chi connectivity index (χ2n) is 6.36. The summed E-state index contributed by atoms with van der Waals surface area (Å²) >= 11 is 0. The molecule has 2 heteroatoms. The second kappa shape index (κ2) is 11.2. The largest absolute Gasteiger partial charge is 0.462 e. The van der Waals surface area contributed by atoms with Gasteiger partial charge >= 0.3 is 5.97 Å². The predicted octanol–water partition coefficient (Wildman–Crippen LogP) is 5.64. The maximum Gasteiger partial charge on any atom is 0.309 e. The summed E-state index contributed by atoms with van der Waals surface area (Å²) in [5, 5.41) is 0. The van der Waals surface area contributed by atoms with E-state index in [1.807, 2.05) is 0 Å². The van der Waals surface area contributed by atoms with Crippen LogP contribution >= 0.6 is 0 Å². The highest BCUT2D eigenvalue weighted by Crippen LogP contribution is 2.28. The van der Waals surface area contributed by atoms with Crippen LogP contribution in [0.2, 0.25) is 0 Å². The first-order chi connectivity index (χ1) is 9.77. The van der Waals surface area contributed by atoms with Gasteiger partial charge in [0.15, 0.2) is 0 Å². The van der Waals surface area contributed by atoms with Gasteiger partial charge in [0.2, 0.25) is 0 Å². The van der Waals surface area contributed by atoms with Crippen LogP contribution in [0.5, 0.6) is 0 Å². The minimum Gasteiger partial charge on any atom is -0.462 e. The van der Waals surface area contributed by atoms with Gasteiger partial charge in [-0.05, 0) is 32.1 Å². The van der Waals surface area contributed by atoms with E-state index in [9.17, 15) is 4.79 Å². The lowest BCUT2D eigenvalue weighted by atomic mass is 9.85. The summed E-state index contributed by atoms with van der Waals surface area (Å²) in [6.45, 7) is 4.39. The van der Waals surface area contributed by atoms with Crippen LogP contribution in [-0.4, -0.2) is 12.1 Å². The molecule has 0 N–H and O–H groups in total. The Bertz CT molecular complexity index is 246. The molecule has 0 aliphatic heterocycles. The Morgan fingerprint density at radius 2 is 1.60 bits per heavy atom. The van der Waals surface area contributed by atoms with Gasteiger partial charge in [-0.3, -0.25) is 4.79 Å². The van der Waals surface area contributed by atoms with E-state index in [0.29, 0.717) is 0 Å². The number of ether oxygens (including phenoxy) is 1. The van der Waals surface area contributed by atoms with Crippen molar-refractivity contribution >= 4 is 5.97 Å². The number of hydrogen-bond acceptors (Lipinski definition) is 2. The van der Waals surface area contributed by atoms with Gasteiger partial charge in [0.25, 0.3) is 0 Å². The first-order valence-corrected chi connectivity index (χ1v) is 8.98. The van der Waals surface area contributed by atoms with E-state index < -0.39 is 0 Å². The molecule has 118 valence electrons. The van der Waals surface area contributed by atoms with Gasteiger partial charge in [0.1, 0.15) is 6.10 Å². The molecule has 0 spiro atoms. The van der Waals surface area contributed by atoms with Crippen molar-refractivity contribution in [3.8, 4) is 0 Å². The standard InChI is InChI=1S/C18H34O2/c1-3-5-6-7-8-9-10-11-15-17(4-2)20-18(19)16-13-12-14-16/h16-17H,3-15H2,1-2H3. The number of hydrogen-bond donors (Lipinski definition) is 0. The van der Waals surface area contributed by atoms with Crippen molar-refractivity contribution < 1.29 is 9.53 Å². The van der Waals surface area contributed by atoms with Crippen molar-refractivity contribution in [3.05, 3.63) is 0 Å². The van der Waals surface area contributed by atoms with Crippen molar-refractivity contribution in [1.82, 2.24) is 0 Å². The van der Waals surface area contributed by atoms with E-state index in [1.54, 1.807) is 0 Å². The Kier molecular flexibility index (Phi) is 9.78. The fourth-order valence-electron chi connectivity index (χ4n) is 2.76. The second-order valence-corrected chi connectivity index (χ2v) is 6.36. The van der Waals surface area contributed by atoms with Gasteiger partial charge in [-0.2, -0.15) is 0 Å².